The number of aromatic nitrogens is 1. The Bertz CT molecular complexity index is 561. The number of nitrogens with zero attached hydrogens (tertiary/aromatic N) is 2. The largest absolute Gasteiger partial charge is 0.462 e. The van der Waals surface area contributed by atoms with E-state index in [-0.39, 0.29) is 17.3 Å². The number of nitriles is 1. The van der Waals surface area contributed by atoms with Crippen molar-refractivity contribution in [3.63, 3.8) is 0 Å². The Balaban J connectivity index is 3.19. The molecule has 0 unspecified atom stereocenters. The van der Waals surface area contributed by atoms with Crippen molar-refractivity contribution in [3.8, 4) is 6.07 Å². The summed E-state index contributed by atoms with van der Waals surface area (Å²) in [5, 5.41) is 12.8. The second-order valence-corrected chi connectivity index (χ2v) is 4.83. The van der Waals surface area contributed by atoms with Crippen molar-refractivity contribution >= 4 is 35.0 Å². The highest BCUT2D eigenvalue weighted by atomic mass is 35.5. The van der Waals surface area contributed by atoms with E-state index in [1.165, 1.54) is 11.8 Å². The quantitative estimate of drug-likeness (QED) is 0.390. The molecule has 0 aliphatic rings. The van der Waals surface area contributed by atoms with Crippen LogP contribution >= 0.6 is 23.4 Å². The Kier molecular flexibility index (Phi) is 6.36. The van der Waals surface area contributed by atoms with Crippen LogP contribution in [0.1, 0.15) is 12.5 Å². The van der Waals surface area contributed by atoms with E-state index in [4.69, 9.17) is 21.6 Å². The van der Waals surface area contributed by atoms with Crippen LogP contribution in [-0.4, -0.2) is 23.8 Å². The van der Waals surface area contributed by atoms with E-state index in [0.717, 1.165) is 5.56 Å². The number of anilines is 1. The van der Waals surface area contributed by atoms with Crippen LogP contribution in [-0.2, 0) is 9.53 Å². The average molecular weight is 312 g/mol. The van der Waals surface area contributed by atoms with E-state index >= 15 is 0 Å². The second kappa shape index (κ2) is 7.78. The zero-order valence-corrected chi connectivity index (χ0v) is 12.9. The van der Waals surface area contributed by atoms with Gasteiger partial charge in [-0.05, 0) is 31.7 Å². The fourth-order valence-electron chi connectivity index (χ4n) is 1.40. The fourth-order valence-corrected chi connectivity index (χ4v) is 2.19. The number of hydrogen-bond acceptors (Lipinski definition) is 6. The minimum atomic E-state index is -0.662. The average Bonchev–Trinajstić information content (AvgIpc) is 2.42. The monoisotopic (exact) mass is 311 g/mol. The minimum Gasteiger partial charge on any atom is -0.462 e. The molecule has 0 saturated carbocycles. The number of thioether (sulfide) groups is 1. The van der Waals surface area contributed by atoms with Crippen molar-refractivity contribution in [2.75, 3.05) is 18.2 Å². The lowest BCUT2D eigenvalue weighted by atomic mass is 10.2. The molecule has 0 aliphatic carbocycles. The summed E-state index contributed by atoms with van der Waals surface area (Å²) < 4.78 is 4.85. The molecule has 0 bridgehead atoms. The molecule has 0 fully saturated rings. The number of ether oxygens (including phenoxy) is 1. The standard InChI is InChI=1S/C13H14ClN3O2S/c1-4-19-13(18)9(7-15)12(20-3)17-10-8(2)5-6-16-11(10)14/h5-6,17H,4H2,1-3H3/b12-9+. The first-order valence-electron chi connectivity index (χ1n) is 5.78. The van der Waals surface area contributed by atoms with Crippen molar-refractivity contribution in [2.24, 2.45) is 0 Å². The predicted molar refractivity (Wildman–Crippen MR) is 80.4 cm³/mol. The molecular weight excluding hydrogens is 298 g/mol. The van der Waals surface area contributed by atoms with Crippen LogP contribution in [0.2, 0.25) is 5.15 Å². The first-order valence-corrected chi connectivity index (χ1v) is 7.39. The van der Waals surface area contributed by atoms with Gasteiger partial charge >= 0.3 is 5.97 Å². The summed E-state index contributed by atoms with van der Waals surface area (Å²) >= 11 is 7.24. The third-order valence-corrected chi connectivity index (χ3v) is 3.38. The molecule has 1 N–H and O–H groups in total. The van der Waals surface area contributed by atoms with Gasteiger partial charge in [0.15, 0.2) is 10.7 Å². The lowest BCUT2D eigenvalue weighted by Crippen LogP contribution is -2.12. The van der Waals surface area contributed by atoms with Crippen LogP contribution in [0.3, 0.4) is 0 Å². The smallest absolute Gasteiger partial charge is 0.351 e. The van der Waals surface area contributed by atoms with Gasteiger partial charge < -0.3 is 10.1 Å². The number of aryl methyl sites for hydroxylation is 1. The maximum Gasteiger partial charge on any atom is 0.351 e. The number of carbonyl (C=O) groups excluding carboxylic acids is 1. The van der Waals surface area contributed by atoms with Crippen LogP contribution in [0.5, 0.6) is 0 Å². The Morgan fingerprint density at radius 3 is 2.85 bits per heavy atom. The van der Waals surface area contributed by atoms with Gasteiger partial charge in [0, 0.05) is 6.20 Å². The molecule has 7 heteroatoms. The summed E-state index contributed by atoms with van der Waals surface area (Å²) in [6.45, 7) is 3.74. The number of rotatable bonds is 5. The number of hydrogen-bond donors (Lipinski definition) is 1. The Morgan fingerprint density at radius 1 is 1.65 bits per heavy atom. The number of pyridine rings is 1. The molecule has 0 radical (unpaired) electrons. The van der Waals surface area contributed by atoms with Crippen LogP contribution in [0.25, 0.3) is 0 Å². The summed E-state index contributed by atoms with van der Waals surface area (Å²) in [6, 6.07) is 3.64. The van der Waals surface area contributed by atoms with Crippen molar-refractivity contribution < 1.29 is 9.53 Å². The van der Waals surface area contributed by atoms with E-state index < -0.39 is 5.97 Å². The lowest BCUT2D eigenvalue weighted by molar-refractivity contribution is -0.138. The number of halogens is 1. The van der Waals surface area contributed by atoms with Crippen LogP contribution in [0.4, 0.5) is 5.69 Å². The third-order valence-electron chi connectivity index (χ3n) is 2.37. The van der Waals surface area contributed by atoms with Gasteiger partial charge in [-0.25, -0.2) is 9.78 Å². The molecule has 0 amide bonds. The summed E-state index contributed by atoms with van der Waals surface area (Å²) in [6.07, 6.45) is 3.33. The summed E-state index contributed by atoms with van der Waals surface area (Å²) in [5.41, 5.74) is 1.34. The third kappa shape index (κ3) is 3.89. The fraction of sp³-hybridized carbons (Fsp3) is 0.308. The van der Waals surface area contributed by atoms with Crippen molar-refractivity contribution in [1.29, 1.82) is 5.26 Å². The van der Waals surface area contributed by atoms with E-state index in [1.54, 1.807) is 25.4 Å². The lowest BCUT2D eigenvalue weighted by Gasteiger charge is -2.13. The molecule has 0 aliphatic heterocycles. The molecule has 0 aromatic carbocycles. The molecular formula is C13H14ClN3O2S. The van der Waals surface area contributed by atoms with Gasteiger partial charge in [-0.2, -0.15) is 5.26 Å². The van der Waals surface area contributed by atoms with Gasteiger partial charge in [-0.3, -0.25) is 0 Å². The molecule has 1 rings (SSSR count). The summed E-state index contributed by atoms with van der Waals surface area (Å²) in [4.78, 5) is 15.7. The topological polar surface area (TPSA) is 75.0 Å². The number of nitrogens with one attached hydrogen (secondary N) is 1. The molecule has 0 spiro atoms. The zero-order chi connectivity index (χ0) is 15.1. The highest BCUT2D eigenvalue weighted by molar-refractivity contribution is 8.02. The van der Waals surface area contributed by atoms with Crippen LogP contribution < -0.4 is 5.32 Å². The Labute approximate surface area is 127 Å². The van der Waals surface area contributed by atoms with Crippen LogP contribution in [0.15, 0.2) is 22.9 Å². The number of esters is 1. The maximum absolute atomic E-state index is 11.7. The molecule has 1 aromatic rings. The highest BCUT2D eigenvalue weighted by Gasteiger charge is 2.18. The minimum absolute atomic E-state index is 0.0846. The predicted octanol–water partition coefficient (Wildman–Crippen LogP) is 3.12. The second-order valence-electron chi connectivity index (χ2n) is 3.66. The van der Waals surface area contributed by atoms with Gasteiger partial charge in [0.25, 0.3) is 0 Å². The first kappa shape index (κ1) is 16.3. The molecule has 5 nitrogen and oxygen atoms in total. The van der Waals surface area contributed by atoms with Gasteiger partial charge in [0.05, 0.1) is 17.3 Å². The normalized spacial score (nSPS) is 11.3. The van der Waals surface area contributed by atoms with Gasteiger partial charge in [-0.15, -0.1) is 11.8 Å². The summed E-state index contributed by atoms with van der Waals surface area (Å²) in [5.74, 6) is -0.662. The zero-order valence-electron chi connectivity index (χ0n) is 11.4. The highest BCUT2D eigenvalue weighted by Crippen LogP contribution is 2.28. The van der Waals surface area contributed by atoms with E-state index in [2.05, 4.69) is 10.3 Å². The van der Waals surface area contributed by atoms with E-state index in [1.807, 2.05) is 13.0 Å². The van der Waals surface area contributed by atoms with Crippen molar-refractivity contribution in [1.82, 2.24) is 4.98 Å². The van der Waals surface area contributed by atoms with Gasteiger partial charge in [0.2, 0.25) is 0 Å². The SMILES string of the molecule is CCOC(=O)/C(C#N)=C(\Nc1c(C)ccnc1Cl)SC. The van der Waals surface area contributed by atoms with Gasteiger partial charge in [0.1, 0.15) is 6.07 Å². The Morgan fingerprint density at radius 2 is 2.35 bits per heavy atom. The van der Waals surface area contributed by atoms with Gasteiger partial charge in [-0.1, -0.05) is 11.6 Å². The van der Waals surface area contributed by atoms with Crippen molar-refractivity contribution in [3.05, 3.63) is 33.6 Å². The molecule has 20 heavy (non-hydrogen) atoms. The van der Waals surface area contributed by atoms with E-state index in [9.17, 15) is 4.79 Å². The summed E-state index contributed by atoms with van der Waals surface area (Å²) in [7, 11) is 0. The molecule has 106 valence electrons. The van der Waals surface area contributed by atoms with E-state index in [0.29, 0.717) is 10.7 Å². The van der Waals surface area contributed by atoms with Crippen molar-refractivity contribution in [2.45, 2.75) is 13.8 Å². The molecule has 1 aromatic heterocycles. The molecule has 1 heterocycles. The first-order chi connectivity index (χ1) is 9.54. The molecule has 0 saturated heterocycles. The number of carbonyl (C=O) groups is 1. The van der Waals surface area contributed by atoms with Crippen LogP contribution in [0, 0.1) is 18.3 Å². The maximum atomic E-state index is 11.7. The Hall–Kier alpha value is -1.71. The molecule has 0 atom stereocenters.